The Balaban J connectivity index is 2.82. The van der Waals surface area contributed by atoms with Crippen molar-refractivity contribution >= 4 is 0 Å². The summed E-state index contributed by atoms with van der Waals surface area (Å²) in [5.74, 6) is 0.846. The number of halogens is 1. The molecule has 0 nitrogen and oxygen atoms in total. The van der Waals surface area contributed by atoms with E-state index in [9.17, 15) is 4.39 Å². The summed E-state index contributed by atoms with van der Waals surface area (Å²) in [7, 11) is 0. The number of hydrogen-bond acceptors (Lipinski definition) is 0. The van der Waals surface area contributed by atoms with Gasteiger partial charge in [0.15, 0.2) is 0 Å². The fourth-order valence-corrected chi connectivity index (χ4v) is 1.85. The van der Waals surface area contributed by atoms with Crippen LogP contribution in [-0.4, -0.2) is 0 Å². The molecule has 0 amide bonds. The predicted octanol–water partition coefficient (Wildman–Crippen LogP) is 3.46. The standard InChI is InChI=1S/C10H15F/c1-4-10-7(2)5-9(11)6-8(10)3/h5-7,10H,4H2,1-3H3. The molecule has 0 aromatic heterocycles. The van der Waals surface area contributed by atoms with E-state index in [-0.39, 0.29) is 5.83 Å². The maximum Gasteiger partial charge on any atom is 0.119 e. The third-order valence-electron chi connectivity index (χ3n) is 2.45. The van der Waals surface area contributed by atoms with E-state index in [1.807, 2.05) is 6.92 Å². The van der Waals surface area contributed by atoms with Gasteiger partial charge in [-0.25, -0.2) is 4.39 Å². The van der Waals surface area contributed by atoms with Crippen LogP contribution in [0.4, 0.5) is 4.39 Å². The van der Waals surface area contributed by atoms with Gasteiger partial charge < -0.3 is 0 Å². The summed E-state index contributed by atoms with van der Waals surface area (Å²) in [4.78, 5) is 0. The van der Waals surface area contributed by atoms with Crippen LogP contribution in [-0.2, 0) is 0 Å². The second kappa shape index (κ2) is 3.21. The lowest BCUT2D eigenvalue weighted by Crippen LogP contribution is -2.13. The first kappa shape index (κ1) is 8.51. The van der Waals surface area contributed by atoms with Crippen LogP contribution >= 0.6 is 0 Å². The average molecular weight is 154 g/mol. The molecule has 0 bridgehead atoms. The SMILES string of the molecule is CCC1C(C)=CC(F)=CC1C. The molecule has 11 heavy (non-hydrogen) atoms. The van der Waals surface area contributed by atoms with Crippen molar-refractivity contribution in [3.05, 3.63) is 23.6 Å². The topological polar surface area (TPSA) is 0 Å². The van der Waals surface area contributed by atoms with Gasteiger partial charge in [-0.3, -0.25) is 0 Å². The number of rotatable bonds is 1. The molecule has 2 unspecified atom stereocenters. The zero-order chi connectivity index (χ0) is 8.43. The summed E-state index contributed by atoms with van der Waals surface area (Å²) in [6.07, 6.45) is 4.46. The molecule has 1 heteroatoms. The Hall–Kier alpha value is -0.590. The average Bonchev–Trinajstić information content (AvgIpc) is 1.85. The molecule has 0 aromatic carbocycles. The van der Waals surface area contributed by atoms with E-state index in [2.05, 4.69) is 13.8 Å². The first-order chi connectivity index (χ1) is 5.15. The highest BCUT2D eigenvalue weighted by molar-refractivity contribution is 5.25. The van der Waals surface area contributed by atoms with E-state index in [1.54, 1.807) is 12.2 Å². The fourth-order valence-electron chi connectivity index (χ4n) is 1.85. The molecule has 0 saturated heterocycles. The van der Waals surface area contributed by atoms with Crippen LogP contribution in [0.3, 0.4) is 0 Å². The Morgan fingerprint density at radius 3 is 2.64 bits per heavy atom. The highest BCUT2D eigenvalue weighted by atomic mass is 19.1. The van der Waals surface area contributed by atoms with Crippen molar-refractivity contribution in [3.63, 3.8) is 0 Å². The zero-order valence-corrected chi connectivity index (χ0v) is 7.39. The van der Waals surface area contributed by atoms with Gasteiger partial charge in [-0.15, -0.1) is 0 Å². The minimum absolute atomic E-state index is 0.0697. The quantitative estimate of drug-likeness (QED) is 0.542. The third kappa shape index (κ3) is 1.70. The lowest BCUT2D eigenvalue weighted by Gasteiger charge is -2.24. The highest BCUT2D eigenvalue weighted by Gasteiger charge is 2.19. The van der Waals surface area contributed by atoms with Crippen molar-refractivity contribution in [1.29, 1.82) is 0 Å². The molecule has 2 atom stereocenters. The minimum Gasteiger partial charge on any atom is -0.207 e. The van der Waals surface area contributed by atoms with E-state index >= 15 is 0 Å². The van der Waals surface area contributed by atoms with Crippen molar-refractivity contribution in [2.45, 2.75) is 27.2 Å². The van der Waals surface area contributed by atoms with Gasteiger partial charge in [0.25, 0.3) is 0 Å². The van der Waals surface area contributed by atoms with E-state index in [0.29, 0.717) is 11.8 Å². The Kier molecular flexibility index (Phi) is 2.48. The van der Waals surface area contributed by atoms with Gasteiger partial charge >= 0.3 is 0 Å². The molecule has 1 aliphatic carbocycles. The normalized spacial score (nSPS) is 31.3. The Morgan fingerprint density at radius 1 is 1.55 bits per heavy atom. The maximum atomic E-state index is 12.8. The van der Waals surface area contributed by atoms with Crippen molar-refractivity contribution in [1.82, 2.24) is 0 Å². The van der Waals surface area contributed by atoms with Crippen LogP contribution in [0.2, 0.25) is 0 Å². The molecule has 62 valence electrons. The van der Waals surface area contributed by atoms with Crippen LogP contribution in [0.5, 0.6) is 0 Å². The van der Waals surface area contributed by atoms with Crippen LogP contribution < -0.4 is 0 Å². The summed E-state index contributed by atoms with van der Waals surface area (Å²) < 4.78 is 12.8. The van der Waals surface area contributed by atoms with Gasteiger partial charge in [-0.2, -0.15) is 0 Å². The van der Waals surface area contributed by atoms with Gasteiger partial charge in [-0.05, 0) is 37.3 Å². The third-order valence-corrected chi connectivity index (χ3v) is 2.45. The van der Waals surface area contributed by atoms with Crippen LogP contribution in [0.15, 0.2) is 23.6 Å². The summed E-state index contributed by atoms with van der Waals surface area (Å²) in [5.41, 5.74) is 1.18. The van der Waals surface area contributed by atoms with Gasteiger partial charge in [0.1, 0.15) is 5.83 Å². The van der Waals surface area contributed by atoms with Gasteiger partial charge in [0, 0.05) is 0 Å². The molecule has 0 aliphatic heterocycles. The molecule has 0 spiro atoms. The van der Waals surface area contributed by atoms with E-state index in [0.717, 1.165) is 6.42 Å². The molecule has 0 heterocycles. The van der Waals surface area contributed by atoms with Crippen molar-refractivity contribution in [2.24, 2.45) is 11.8 Å². The molecular formula is C10H15F. The molecular weight excluding hydrogens is 139 g/mol. The molecule has 1 aliphatic rings. The van der Waals surface area contributed by atoms with Gasteiger partial charge in [0.2, 0.25) is 0 Å². The highest BCUT2D eigenvalue weighted by Crippen LogP contribution is 2.31. The largest absolute Gasteiger partial charge is 0.207 e. The second-order valence-corrected chi connectivity index (χ2v) is 3.31. The first-order valence-corrected chi connectivity index (χ1v) is 4.20. The summed E-state index contributed by atoms with van der Waals surface area (Å²) in [5, 5.41) is 0. The Bertz CT molecular complexity index is 201. The molecule has 1 rings (SSSR count). The summed E-state index contributed by atoms with van der Waals surface area (Å²) >= 11 is 0. The molecule has 0 fully saturated rings. The molecule has 0 N–H and O–H groups in total. The first-order valence-electron chi connectivity index (χ1n) is 4.20. The summed E-state index contributed by atoms with van der Waals surface area (Å²) in [6.45, 7) is 6.23. The fraction of sp³-hybridized carbons (Fsp3) is 0.600. The Morgan fingerprint density at radius 2 is 2.18 bits per heavy atom. The lowest BCUT2D eigenvalue weighted by atomic mass is 9.82. The van der Waals surface area contributed by atoms with E-state index in [4.69, 9.17) is 0 Å². The Labute approximate surface area is 67.8 Å². The van der Waals surface area contributed by atoms with E-state index < -0.39 is 0 Å². The van der Waals surface area contributed by atoms with Gasteiger partial charge in [0.05, 0.1) is 0 Å². The summed E-state index contributed by atoms with van der Waals surface area (Å²) in [6, 6.07) is 0. The van der Waals surface area contributed by atoms with Crippen LogP contribution in [0, 0.1) is 11.8 Å². The van der Waals surface area contributed by atoms with Crippen molar-refractivity contribution in [2.75, 3.05) is 0 Å². The minimum atomic E-state index is -0.0697. The smallest absolute Gasteiger partial charge is 0.119 e. The molecule has 0 aromatic rings. The maximum absolute atomic E-state index is 12.8. The van der Waals surface area contributed by atoms with Gasteiger partial charge in [-0.1, -0.05) is 19.4 Å². The van der Waals surface area contributed by atoms with E-state index in [1.165, 1.54) is 5.57 Å². The van der Waals surface area contributed by atoms with Crippen LogP contribution in [0.25, 0.3) is 0 Å². The van der Waals surface area contributed by atoms with Crippen molar-refractivity contribution in [3.8, 4) is 0 Å². The number of allylic oxidation sites excluding steroid dienone is 4. The predicted molar refractivity (Wildman–Crippen MR) is 45.9 cm³/mol. The second-order valence-electron chi connectivity index (χ2n) is 3.31. The van der Waals surface area contributed by atoms with Crippen molar-refractivity contribution < 1.29 is 4.39 Å². The van der Waals surface area contributed by atoms with Crippen LogP contribution in [0.1, 0.15) is 27.2 Å². The lowest BCUT2D eigenvalue weighted by molar-refractivity contribution is 0.447. The monoisotopic (exact) mass is 154 g/mol. The molecule has 0 saturated carbocycles. The molecule has 0 radical (unpaired) electrons. The number of hydrogen-bond donors (Lipinski definition) is 0. The zero-order valence-electron chi connectivity index (χ0n) is 7.39.